The van der Waals surface area contributed by atoms with Crippen molar-refractivity contribution in [3.63, 3.8) is 0 Å². The van der Waals surface area contributed by atoms with Crippen molar-refractivity contribution in [2.24, 2.45) is 0 Å². The van der Waals surface area contributed by atoms with E-state index in [-0.39, 0.29) is 5.82 Å². The van der Waals surface area contributed by atoms with Gasteiger partial charge in [0.15, 0.2) is 6.20 Å². The number of ether oxygens (including phenoxy) is 1. The van der Waals surface area contributed by atoms with E-state index in [1.807, 2.05) is 7.05 Å². The molecule has 100 valence electrons. The van der Waals surface area contributed by atoms with Crippen LogP contribution in [-0.2, 0) is 4.74 Å². The van der Waals surface area contributed by atoms with Gasteiger partial charge in [-0.2, -0.15) is 0 Å². The molecule has 0 aromatic carbocycles. The number of methoxy groups -OCH3 is 1. The molecule has 7 heteroatoms. The van der Waals surface area contributed by atoms with E-state index in [0.717, 1.165) is 25.3 Å². The van der Waals surface area contributed by atoms with Crippen LogP contribution in [0.25, 0.3) is 0 Å². The molecule has 0 saturated heterocycles. The Balaban J connectivity index is 2.29. The molecule has 1 N–H and O–H groups in total. The highest BCUT2D eigenvalue weighted by molar-refractivity contribution is 5.43. The molecule has 0 spiro atoms. The number of pyridine rings is 1. The van der Waals surface area contributed by atoms with Crippen LogP contribution in [0.5, 0.6) is 0 Å². The molecule has 0 aliphatic carbocycles. The lowest BCUT2D eigenvalue weighted by Gasteiger charge is -2.16. The van der Waals surface area contributed by atoms with Crippen LogP contribution in [0, 0.1) is 10.1 Å². The number of nitrogens with one attached hydrogen (secondary N) is 1. The molecule has 0 unspecified atom stereocenters. The van der Waals surface area contributed by atoms with Gasteiger partial charge >= 0.3 is 5.82 Å². The molecule has 7 nitrogen and oxygen atoms in total. The fourth-order valence-electron chi connectivity index (χ4n) is 1.35. The molecule has 0 amide bonds. The predicted octanol–water partition coefficient (Wildman–Crippen LogP) is 0.980. The third-order valence-electron chi connectivity index (χ3n) is 2.43. The van der Waals surface area contributed by atoms with Crippen molar-refractivity contribution < 1.29 is 9.66 Å². The van der Waals surface area contributed by atoms with Crippen molar-refractivity contribution >= 4 is 11.5 Å². The van der Waals surface area contributed by atoms with Gasteiger partial charge in [-0.25, -0.2) is 0 Å². The Bertz CT molecular complexity index is 369. The molecule has 0 aliphatic rings. The Morgan fingerprint density at radius 2 is 2.28 bits per heavy atom. The minimum absolute atomic E-state index is 0.141. The van der Waals surface area contributed by atoms with E-state index in [9.17, 15) is 10.1 Å². The maximum absolute atomic E-state index is 10.4. The van der Waals surface area contributed by atoms with Crippen molar-refractivity contribution in [1.29, 1.82) is 0 Å². The van der Waals surface area contributed by atoms with E-state index < -0.39 is 4.92 Å². The zero-order chi connectivity index (χ0) is 13.4. The fourth-order valence-corrected chi connectivity index (χ4v) is 1.35. The standard InChI is InChI=1S/C11H18N4O3/c1-14(7-8-18-2)6-5-12-10-3-4-11(13-9-10)15(16)17/h3-4,9,12H,5-8H2,1-2H3. The summed E-state index contributed by atoms with van der Waals surface area (Å²) in [5, 5.41) is 13.6. The van der Waals surface area contributed by atoms with Crippen LogP contribution in [0.1, 0.15) is 0 Å². The molecule has 0 bridgehead atoms. The summed E-state index contributed by atoms with van der Waals surface area (Å²) in [6.45, 7) is 3.19. The quantitative estimate of drug-likeness (QED) is 0.550. The Morgan fingerprint density at radius 1 is 1.50 bits per heavy atom. The maximum atomic E-state index is 10.4. The van der Waals surface area contributed by atoms with Gasteiger partial charge in [-0.1, -0.05) is 0 Å². The first-order chi connectivity index (χ1) is 8.63. The molecule has 1 aromatic heterocycles. The number of aromatic nitrogens is 1. The third kappa shape index (κ3) is 5.07. The van der Waals surface area contributed by atoms with Crippen molar-refractivity contribution in [2.75, 3.05) is 45.7 Å². The van der Waals surface area contributed by atoms with E-state index in [1.165, 1.54) is 12.3 Å². The number of nitro groups is 1. The molecular weight excluding hydrogens is 236 g/mol. The topological polar surface area (TPSA) is 80.5 Å². The van der Waals surface area contributed by atoms with Crippen LogP contribution in [0.4, 0.5) is 11.5 Å². The summed E-state index contributed by atoms with van der Waals surface area (Å²) in [6, 6.07) is 3.04. The number of nitrogens with zero attached hydrogens (tertiary/aromatic N) is 3. The third-order valence-corrected chi connectivity index (χ3v) is 2.43. The van der Waals surface area contributed by atoms with Gasteiger partial charge in [0, 0.05) is 32.8 Å². The van der Waals surface area contributed by atoms with Crippen molar-refractivity contribution in [3.8, 4) is 0 Å². The van der Waals surface area contributed by atoms with E-state index in [2.05, 4.69) is 15.2 Å². The van der Waals surface area contributed by atoms with Crippen LogP contribution in [0.2, 0.25) is 0 Å². The molecule has 18 heavy (non-hydrogen) atoms. The summed E-state index contributed by atoms with van der Waals surface area (Å²) < 4.78 is 4.98. The zero-order valence-corrected chi connectivity index (χ0v) is 10.6. The predicted molar refractivity (Wildman–Crippen MR) is 68.8 cm³/mol. The largest absolute Gasteiger partial charge is 0.383 e. The van der Waals surface area contributed by atoms with Gasteiger partial charge in [0.2, 0.25) is 0 Å². The summed E-state index contributed by atoms with van der Waals surface area (Å²) in [7, 11) is 3.68. The Hall–Kier alpha value is -1.73. The smallest absolute Gasteiger partial charge is 0.363 e. The van der Waals surface area contributed by atoms with Gasteiger partial charge < -0.3 is 25.1 Å². The molecule has 0 atom stereocenters. The molecule has 1 heterocycles. The normalized spacial score (nSPS) is 10.6. The molecule has 1 aromatic rings. The van der Waals surface area contributed by atoms with Gasteiger partial charge in [0.25, 0.3) is 0 Å². The van der Waals surface area contributed by atoms with Crippen molar-refractivity contribution in [2.45, 2.75) is 0 Å². The van der Waals surface area contributed by atoms with Gasteiger partial charge in [-0.15, -0.1) is 0 Å². The second-order valence-corrected chi connectivity index (χ2v) is 3.89. The molecule has 0 aliphatic heterocycles. The highest BCUT2D eigenvalue weighted by Gasteiger charge is 2.05. The zero-order valence-electron chi connectivity index (χ0n) is 10.6. The number of anilines is 1. The fraction of sp³-hybridized carbons (Fsp3) is 0.545. The first-order valence-electron chi connectivity index (χ1n) is 5.65. The van der Waals surface area contributed by atoms with Gasteiger partial charge in [0.1, 0.15) is 0 Å². The number of rotatable bonds is 8. The number of hydrogen-bond acceptors (Lipinski definition) is 6. The van der Waals surface area contributed by atoms with E-state index >= 15 is 0 Å². The number of likely N-dealkylation sites (N-methyl/N-ethyl adjacent to an activating group) is 1. The summed E-state index contributed by atoms with van der Waals surface area (Å²) in [5.41, 5.74) is 0.778. The molecule has 1 rings (SSSR count). The lowest BCUT2D eigenvalue weighted by Crippen LogP contribution is -2.28. The Kier molecular flexibility index (Phi) is 6.03. The molecule has 0 fully saturated rings. The summed E-state index contributed by atoms with van der Waals surface area (Å²) in [6.07, 6.45) is 1.47. The first-order valence-corrected chi connectivity index (χ1v) is 5.65. The van der Waals surface area contributed by atoms with E-state index in [1.54, 1.807) is 13.2 Å². The van der Waals surface area contributed by atoms with Crippen LogP contribution >= 0.6 is 0 Å². The van der Waals surface area contributed by atoms with E-state index in [0.29, 0.717) is 6.61 Å². The highest BCUT2D eigenvalue weighted by atomic mass is 16.6. The monoisotopic (exact) mass is 254 g/mol. The molecular formula is C11H18N4O3. The average Bonchev–Trinajstić information content (AvgIpc) is 2.37. The van der Waals surface area contributed by atoms with Crippen molar-refractivity contribution in [1.82, 2.24) is 9.88 Å². The summed E-state index contributed by atoms with van der Waals surface area (Å²) in [4.78, 5) is 15.8. The average molecular weight is 254 g/mol. The van der Waals surface area contributed by atoms with Crippen molar-refractivity contribution in [3.05, 3.63) is 28.4 Å². The van der Waals surface area contributed by atoms with Gasteiger partial charge in [-0.3, -0.25) is 0 Å². The highest BCUT2D eigenvalue weighted by Crippen LogP contribution is 2.10. The Labute approximate surface area is 106 Å². The van der Waals surface area contributed by atoms with Crippen LogP contribution in [0.3, 0.4) is 0 Å². The number of hydrogen-bond donors (Lipinski definition) is 1. The lowest BCUT2D eigenvalue weighted by atomic mass is 10.4. The van der Waals surface area contributed by atoms with Gasteiger partial charge in [-0.05, 0) is 23.0 Å². The van der Waals surface area contributed by atoms with E-state index in [4.69, 9.17) is 4.74 Å². The first kappa shape index (κ1) is 14.3. The van der Waals surface area contributed by atoms with Crippen LogP contribution in [-0.4, -0.2) is 55.2 Å². The summed E-state index contributed by atoms with van der Waals surface area (Å²) in [5.74, 6) is -0.141. The molecule has 0 radical (unpaired) electrons. The minimum atomic E-state index is -0.512. The van der Waals surface area contributed by atoms with Crippen LogP contribution < -0.4 is 5.32 Å². The summed E-state index contributed by atoms with van der Waals surface area (Å²) >= 11 is 0. The maximum Gasteiger partial charge on any atom is 0.363 e. The Morgan fingerprint density at radius 3 is 2.83 bits per heavy atom. The SMILES string of the molecule is COCCN(C)CCNc1ccc([N+](=O)[O-])nc1. The lowest BCUT2D eigenvalue weighted by molar-refractivity contribution is -0.389. The minimum Gasteiger partial charge on any atom is -0.383 e. The second-order valence-electron chi connectivity index (χ2n) is 3.89. The van der Waals surface area contributed by atoms with Crippen LogP contribution in [0.15, 0.2) is 18.3 Å². The van der Waals surface area contributed by atoms with Gasteiger partial charge in [0.05, 0.1) is 12.3 Å². The molecule has 0 saturated carbocycles. The second kappa shape index (κ2) is 7.57.